The number of aliphatic carboxylic acids is 1. The Morgan fingerprint density at radius 3 is 2.83 bits per heavy atom. The molecule has 23 heavy (non-hydrogen) atoms. The van der Waals surface area contributed by atoms with Crippen LogP contribution in [0.4, 0.5) is 5.69 Å². The number of nitrogens with zero attached hydrogens (tertiary/aromatic N) is 3. The van der Waals surface area contributed by atoms with Crippen LogP contribution in [0.2, 0.25) is 0 Å². The number of carboxylic acids is 1. The molecule has 2 aliphatic rings. The molecular weight excluding hydrogens is 318 g/mol. The van der Waals surface area contributed by atoms with Crippen molar-refractivity contribution in [3.05, 3.63) is 49.5 Å². The SMILES string of the molecule is O=C([O-])CN1C(=O)/C(=c2\sc3n(c2=O)CCN=3)c2ccccc21. The van der Waals surface area contributed by atoms with Gasteiger partial charge in [0.15, 0.2) is 4.80 Å². The summed E-state index contributed by atoms with van der Waals surface area (Å²) >= 11 is 1.17. The fourth-order valence-corrected chi connectivity index (χ4v) is 4.02. The van der Waals surface area contributed by atoms with Crippen LogP contribution >= 0.6 is 11.3 Å². The largest absolute Gasteiger partial charge is 0.548 e. The first-order valence-corrected chi connectivity index (χ1v) is 7.79. The van der Waals surface area contributed by atoms with Gasteiger partial charge in [0.25, 0.3) is 11.5 Å². The summed E-state index contributed by atoms with van der Waals surface area (Å²) in [6.45, 7) is 0.532. The molecule has 0 aliphatic carbocycles. The molecule has 2 aromatic rings. The maximum Gasteiger partial charge on any atom is 0.271 e. The number of para-hydroxylation sites is 1. The van der Waals surface area contributed by atoms with E-state index in [0.29, 0.717) is 33.7 Å². The standard InChI is InChI=1S/C15H11N3O4S/c19-10(20)7-18-9-4-2-1-3-8(9)11(13(18)21)12-14(22)17-6-5-16-15(17)23-12/h1-4H,5-7H2,(H,19,20)/p-1/b12-11-. The second-order valence-corrected chi connectivity index (χ2v) is 6.19. The fourth-order valence-electron chi connectivity index (χ4n) is 2.90. The third kappa shape index (κ3) is 1.95. The lowest BCUT2D eigenvalue weighted by Gasteiger charge is -2.17. The van der Waals surface area contributed by atoms with Gasteiger partial charge >= 0.3 is 0 Å². The van der Waals surface area contributed by atoms with E-state index >= 15 is 0 Å². The molecule has 116 valence electrons. The van der Waals surface area contributed by atoms with Gasteiger partial charge in [0.1, 0.15) is 4.53 Å². The zero-order valence-corrected chi connectivity index (χ0v) is 12.6. The Kier molecular flexibility index (Phi) is 2.95. The third-order valence-corrected chi connectivity index (χ3v) is 4.99. The summed E-state index contributed by atoms with van der Waals surface area (Å²) in [5.74, 6) is -1.84. The molecule has 0 unspecified atom stereocenters. The lowest BCUT2D eigenvalue weighted by molar-refractivity contribution is -0.303. The van der Waals surface area contributed by atoms with Crippen LogP contribution in [-0.2, 0) is 16.1 Å². The normalized spacial score (nSPS) is 17.9. The first-order chi connectivity index (χ1) is 11.1. The summed E-state index contributed by atoms with van der Waals surface area (Å²) < 4.78 is 1.85. The van der Waals surface area contributed by atoms with Gasteiger partial charge in [-0.25, -0.2) is 0 Å². The zero-order chi connectivity index (χ0) is 16.1. The van der Waals surface area contributed by atoms with E-state index in [4.69, 9.17) is 0 Å². The molecule has 7 nitrogen and oxygen atoms in total. The minimum absolute atomic E-state index is 0.244. The molecule has 0 fully saturated rings. The highest BCUT2D eigenvalue weighted by Gasteiger charge is 2.34. The molecule has 2 aliphatic heterocycles. The van der Waals surface area contributed by atoms with Crippen LogP contribution in [0, 0.1) is 0 Å². The highest BCUT2D eigenvalue weighted by molar-refractivity contribution is 7.07. The summed E-state index contributed by atoms with van der Waals surface area (Å²) in [5.41, 5.74) is 1.04. The van der Waals surface area contributed by atoms with Crippen molar-refractivity contribution in [1.82, 2.24) is 4.57 Å². The number of rotatable bonds is 2. The molecule has 0 spiro atoms. The molecule has 0 radical (unpaired) electrons. The van der Waals surface area contributed by atoms with Gasteiger partial charge in [0.05, 0.1) is 30.3 Å². The van der Waals surface area contributed by atoms with Crippen molar-refractivity contribution < 1.29 is 14.7 Å². The van der Waals surface area contributed by atoms with Crippen molar-refractivity contribution in [2.24, 2.45) is 4.99 Å². The van der Waals surface area contributed by atoms with Crippen LogP contribution in [-0.4, -0.2) is 29.5 Å². The monoisotopic (exact) mass is 328 g/mol. The summed E-state index contributed by atoms with van der Waals surface area (Å²) in [7, 11) is 0. The lowest BCUT2D eigenvalue weighted by atomic mass is 10.1. The van der Waals surface area contributed by atoms with E-state index in [0.717, 1.165) is 4.90 Å². The third-order valence-electron chi connectivity index (χ3n) is 3.87. The zero-order valence-electron chi connectivity index (χ0n) is 11.8. The number of amides is 1. The number of carboxylic acid groups (broad SMARTS) is 1. The number of benzene rings is 1. The summed E-state index contributed by atoms with van der Waals surface area (Å²) in [5, 5.41) is 10.9. The Morgan fingerprint density at radius 1 is 1.30 bits per heavy atom. The number of thiazole rings is 1. The van der Waals surface area contributed by atoms with E-state index in [9.17, 15) is 19.5 Å². The lowest BCUT2D eigenvalue weighted by Crippen LogP contribution is -2.41. The van der Waals surface area contributed by atoms with Crippen molar-refractivity contribution in [2.75, 3.05) is 18.0 Å². The van der Waals surface area contributed by atoms with Crippen molar-refractivity contribution in [2.45, 2.75) is 6.54 Å². The molecule has 0 bridgehead atoms. The van der Waals surface area contributed by atoms with Crippen LogP contribution in [0.15, 0.2) is 34.1 Å². The number of anilines is 1. The fraction of sp³-hybridized carbons (Fsp3) is 0.200. The second kappa shape index (κ2) is 4.88. The predicted molar refractivity (Wildman–Crippen MR) is 80.5 cm³/mol. The average Bonchev–Trinajstić information content (AvgIpc) is 3.16. The van der Waals surface area contributed by atoms with E-state index in [1.165, 1.54) is 11.3 Å². The number of carbonyl (C=O) groups excluding carboxylic acids is 2. The number of carbonyl (C=O) groups is 2. The topological polar surface area (TPSA) is 94.8 Å². The first kappa shape index (κ1) is 13.9. The molecule has 1 aromatic carbocycles. The summed E-state index contributed by atoms with van der Waals surface area (Å²) in [6.07, 6.45) is 0. The minimum Gasteiger partial charge on any atom is -0.548 e. The first-order valence-electron chi connectivity index (χ1n) is 6.97. The quantitative estimate of drug-likeness (QED) is 0.627. The molecule has 4 rings (SSSR count). The van der Waals surface area contributed by atoms with Gasteiger partial charge in [-0.05, 0) is 6.07 Å². The molecule has 0 atom stereocenters. The molecule has 0 N–H and O–H groups in total. The van der Waals surface area contributed by atoms with Crippen LogP contribution in [0.25, 0.3) is 5.57 Å². The Balaban J connectivity index is 2.04. The smallest absolute Gasteiger partial charge is 0.271 e. The number of hydrogen-bond acceptors (Lipinski definition) is 6. The number of hydrogen-bond donors (Lipinski definition) is 0. The highest BCUT2D eigenvalue weighted by Crippen LogP contribution is 2.34. The van der Waals surface area contributed by atoms with E-state index in [2.05, 4.69) is 4.99 Å². The van der Waals surface area contributed by atoms with Crippen LogP contribution in [0.5, 0.6) is 0 Å². The predicted octanol–water partition coefficient (Wildman–Crippen LogP) is -2.16. The van der Waals surface area contributed by atoms with Crippen LogP contribution in [0.1, 0.15) is 5.56 Å². The van der Waals surface area contributed by atoms with Gasteiger partial charge in [-0.1, -0.05) is 29.5 Å². The van der Waals surface area contributed by atoms with Gasteiger partial charge in [-0.15, -0.1) is 0 Å². The molecule has 0 saturated carbocycles. The van der Waals surface area contributed by atoms with Crippen LogP contribution < -0.4 is 24.9 Å². The van der Waals surface area contributed by atoms with Crippen molar-refractivity contribution in [3.8, 4) is 0 Å². The summed E-state index contributed by atoms with van der Waals surface area (Å²) in [6, 6.07) is 6.84. The summed E-state index contributed by atoms with van der Waals surface area (Å²) in [4.78, 5) is 42.1. The molecule has 1 aromatic heterocycles. The van der Waals surface area contributed by atoms with E-state index in [-0.39, 0.29) is 11.1 Å². The molecule has 1 amide bonds. The van der Waals surface area contributed by atoms with E-state index in [1.807, 2.05) is 0 Å². The van der Waals surface area contributed by atoms with Crippen molar-refractivity contribution in [3.63, 3.8) is 0 Å². The van der Waals surface area contributed by atoms with Gasteiger partial charge in [0, 0.05) is 12.1 Å². The van der Waals surface area contributed by atoms with Crippen LogP contribution in [0.3, 0.4) is 0 Å². The number of aromatic nitrogens is 1. The van der Waals surface area contributed by atoms with Crippen molar-refractivity contribution in [1.29, 1.82) is 0 Å². The van der Waals surface area contributed by atoms with Crippen molar-refractivity contribution >= 4 is 34.5 Å². The average molecular weight is 328 g/mol. The molecule has 3 heterocycles. The minimum atomic E-state index is -1.35. The van der Waals surface area contributed by atoms with Gasteiger partial charge in [-0.2, -0.15) is 0 Å². The van der Waals surface area contributed by atoms with Gasteiger partial charge in [-0.3, -0.25) is 19.1 Å². The Hall–Kier alpha value is -2.74. The molecule has 8 heteroatoms. The highest BCUT2D eigenvalue weighted by atomic mass is 32.1. The number of fused-ring (bicyclic) bond motifs is 2. The Labute approximate surface area is 133 Å². The van der Waals surface area contributed by atoms with E-state index in [1.54, 1.807) is 28.8 Å². The van der Waals surface area contributed by atoms with Gasteiger partial charge in [0.2, 0.25) is 0 Å². The molecule has 0 saturated heterocycles. The maximum absolute atomic E-state index is 12.7. The van der Waals surface area contributed by atoms with E-state index < -0.39 is 18.4 Å². The maximum atomic E-state index is 12.7. The Bertz CT molecular complexity index is 1030. The van der Waals surface area contributed by atoms with Gasteiger partial charge < -0.3 is 14.8 Å². The molecular formula is C15H10N3O4S-. The second-order valence-electron chi connectivity index (χ2n) is 5.21. The Morgan fingerprint density at radius 2 is 2.09 bits per heavy atom.